The summed E-state index contributed by atoms with van der Waals surface area (Å²) in [5, 5.41) is 15.1. The first-order valence-electron chi connectivity index (χ1n) is 7.21. The summed E-state index contributed by atoms with van der Waals surface area (Å²) in [4.78, 5) is 24.8. The van der Waals surface area contributed by atoms with Crippen molar-refractivity contribution in [2.75, 3.05) is 17.7 Å². The van der Waals surface area contributed by atoms with Crippen LogP contribution in [0.3, 0.4) is 0 Å². The fraction of sp³-hybridized carbons (Fsp3) is 0.176. The molecule has 0 fully saturated rings. The van der Waals surface area contributed by atoms with Crippen molar-refractivity contribution >= 4 is 29.3 Å². The second kappa shape index (κ2) is 6.85. The molecule has 6 heteroatoms. The van der Waals surface area contributed by atoms with Crippen LogP contribution in [0, 0.1) is 0 Å². The Morgan fingerprint density at radius 1 is 1.26 bits per heavy atom. The number of nitrogens with one attached hydrogen (secondary N) is 2. The maximum Gasteiger partial charge on any atom is 0.251 e. The molecule has 5 nitrogen and oxygen atoms in total. The number of carbonyl (C=O) groups is 2. The lowest BCUT2D eigenvalue weighted by atomic mass is 10.1. The van der Waals surface area contributed by atoms with Crippen molar-refractivity contribution in [1.82, 2.24) is 5.32 Å². The van der Waals surface area contributed by atoms with E-state index >= 15 is 0 Å². The van der Waals surface area contributed by atoms with Gasteiger partial charge in [0.25, 0.3) is 5.91 Å². The number of benzene rings is 2. The first-order valence-corrected chi connectivity index (χ1v) is 8.19. The average molecular weight is 328 g/mol. The Balaban J connectivity index is 1.78. The molecule has 0 bridgehead atoms. The predicted octanol–water partition coefficient (Wildman–Crippen LogP) is 2.19. The van der Waals surface area contributed by atoms with Crippen LogP contribution in [-0.2, 0) is 4.79 Å². The molecule has 0 saturated heterocycles. The van der Waals surface area contributed by atoms with Gasteiger partial charge < -0.3 is 15.7 Å². The van der Waals surface area contributed by atoms with Gasteiger partial charge in [-0.05, 0) is 23.8 Å². The van der Waals surface area contributed by atoms with Crippen molar-refractivity contribution in [2.45, 2.75) is 10.9 Å². The van der Waals surface area contributed by atoms with Gasteiger partial charge in [0.1, 0.15) is 0 Å². The highest BCUT2D eigenvalue weighted by molar-refractivity contribution is 8.00. The Labute approximate surface area is 138 Å². The quantitative estimate of drug-likeness (QED) is 0.804. The van der Waals surface area contributed by atoms with E-state index in [1.807, 2.05) is 36.4 Å². The zero-order valence-electron chi connectivity index (χ0n) is 12.3. The van der Waals surface area contributed by atoms with E-state index in [2.05, 4.69) is 10.6 Å². The Bertz CT molecular complexity index is 734. The molecule has 2 amide bonds. The zero-order chi connectivity index (χ0) is 16.2. The lowest BCUT2D eigenvalue weighted by Crippen LogP contribution is -2.31. The van der Waals surface area contributed by atoms with E-state index in [4.69, 9.17) is 0 Å². The monoisotopic (exact) mass is 328 g/mol. The minimum absolute atomic E-state index is 0.0717. The number of anilines is 1. The number of thioether (sulfide) groups is 1. The van der Waals surface area contributed by atoms with Gasteiger partial charge in [0.2, 0.25) is 5.91 Å². The van der Waals surface area contributed by atoms with Crippen LogP contribution >= 0.6 is 11.8 Å². The van der Waals surface area contributed by atoms with Gasteiger partial charge in [-0.3, -0.25) is 9.59 Å². The van der Waals surface area contributed by atoms with E-state index in [9.17, 15) is 14.7 Å². The van der Waals surface area contributed by atoms with Crippen LogP contribution in [-0.4, -0.2) is 29.3 Å². The Kier molecular flexibility index (Phi) is 4.64. The van der Waals surface area contributed by atoms with Crippen molar-refractivity contribution in [2.24, 2.45) is 0 Å². The number of amides is 2. The van der Waals surface area contributed by atoms with Crippen LogP contribution in [0.2, 0.25) is 0 Å². The van der Waals surface area contributed by atoms with Gasteiger partial charge in [-0.15, -0.1) is 11.8 Å². The summed E-state index contributed by atoms with van der Waals surface area (Å²) in [6.45, 7) is -0.187. The number of hydrogen-bond acceptors (Lipinski definition) is 4. The van der Waals surface area contributed by atoms with Gasteiger partial charge in [-0.25, -0.2) is 0 Å². The third-order valence-corrected chi connectivity index (χ3v) is 4.64. The summed E-state index contributed by atoms with van der Waals surface area (Å²) >= 11 is 1.45. The van der Waals surface area contributed by atoms with Crippen molar-refractivity contribution < 1.29 is 14.7 Å². The lowest BCUT2D eigenvalue weighted by Gasteiger charge is -2.19. The van der Waals surface area contributed by atoms with Crippen LogP contribution in [0.15, 0.2) is 53.4 Å². The van der Waals surface area contributed by atoms with Crippen LogP contribution < -0.4 is 10.6 Å². The standard InChI is InChI=1S/C17H16N2O3S/c20-9-14(11-4-2-1-3-5-11)19-17(22)12-6-7-15-13(8-12)18-16(21)10-23-15/h1-8,14,20H,9-10H2,(H,18,21)(H,19,22)/t14-/m0/s1. The SMILES string of the molecule is O=C1CSc2ccc(C(=O)N[C@@H](CO)c3ccccc3)cc2N1. The third kappa shape index (κ3) is 3.55. The second-order valence-electron chi connectivity index (χ2n) is 5.17. The molecule has 3 rings (SSSR count). The normalized spacial score (nSPS) is 14.6. The molecule has 1 aliphatic heterocycles. The molecule has 2 aromatic rings. The number of aliphatic hydroxyl groups excluding tert-OH is 1. The van der Waals surface area contributed by atoms with Gasteiger partial charge in [0, 0.05) is 10.5 Å². The van der Waals surface area contributed by atoms with Gasteiger partial charge in [-0.2, -0.15) is 0 Å². The lowest BCUT2D eigenvalue weighted by molar-refractivity contribution is -0.113. The summed E-state index contributed by atoms with van der Waals surface area (Å²) in [5.41, 5.74) is 1.94. The Hall–Kier alpha value is -2.31. The molecular weight excluding hydrogens is 312 g/mol. The summed E-state index contributed by atoms with van der Waals surface area (Å²) in [5.74, 6) is 0.0252. The Morgan fingerprint density at radius 3 is 2.78 bits per heavy atom. The molecule has 1 atom stereocenters. The van der Waals surface area contributed by atoms with E-state index < -0.39 is 6.04 Å². The van der Waals surface area contributed by atoms with Crippen LogP contribution in [0.1, 0.15) is 22.0 Å². The van der Waals surface area contributed by atoms with Crippen molar-refractivity contribution in [1.29, 1.82) is 0 Å². The van der Waals surface area contributed by atoms with E-state index in [0.29, 0.717) is 17.0 Å². The molecule has 0 aliphatic carbocycles. The van der Waals surface area contributed by atoms with Gasteiger partial charge in [0.05, 0.1) is 24.1 Å². The summed E-state index contributed by atoms with van der Waals surface area (Å²) in [7, 11) is 0. The molecule has 0 radical (unpaired) electrons. The molecule has 2 aromatic carbocycles. The molecule has 3 N–H and O–H groups in total. The maximum absolute atomic E-state index is 12.4. The maximum atomic E-state index is 12.4. The van der Waals surface area contributed by atoms with E-state index in [1.165, 1.54) is 11.8 Å². The van der Waals surface area contributed by atoms with Crippen LogP contribution in [0.25, 0.3) is 0 Å². The molecule has 118 valence electrons. The fourth-order valence-electron chi connectivity index (χ4n) is 2.39. The summed E-state index contributed by atoms with van der Waals surface area (Å²) < 4.78 is 0. The van der Waals surface area contributed by atoms with Gasteiger partial charge in [-0.1, -0.05) is 30.3 Å². The van der Waals surface area contributed by atoms with Gasteiger partial charge in [0.15, 0.2) is 0 Å². The largest absolute Gasteiger partial charge is 0.394 e. The first kappa shape index (κ1) is 15.6. The zero-order valence-corrected chi connectivity index (χ0v) is 13.1. The topological polar surface area (TPSA) is 78.4 Å². The third-order valence-electron chi connectivity index (χ3n) is 3.56. The molecule has 1 heterocycles. The molecule has 23 heavy (non-hydrogen) atoms. The van der Waals surface area contributed by atoms with E-state index in [0.717, 1.165) is 10.5 Å². The van der Waals surface area contributed by atoms with Crippen LogP contribution in [0.4, 0.5) is 5.69 Å². The van der Waals surface area contributed by atoms with Crippen molar-refractivity contribution in [3.05, 3.63) is 59.7 Å². The fourth-order valence-corrected chi connectivity index (χ4v) is 3.17. The summed E-state index contributed by atoms with van der Waals surface area (Å²) in [6, 6.07) is 14.0. The molecule has 0 aromatic heterocycles. The minimum Gasteiger partial charge on any atom is -0.394 e. The predicted molar refractivity (Wildman–Crippen MR) is 89.5 cm³/mol. The van der Waals surface area contributed by atoms with E-state index in [-0.39, 0.29) is 18.4 Å². The average Bonchev–Trinajstić information content (AvgIpc) is 2.59. The highest BCUT2D eigenvalue weighted by Crippen LogP contribution is 2.32. The second-order valence-corrected chi connectivity index (χ2v) is 6.18. The molecule has 0 saturated carbocycles. The number of rotatable bonds is 4. The molecule has 0 unspecified atom stereocenters. The first-order chi connectivity index (χ1) is 11.2. The number of carbonyl (C=O) groups excluding carboxylic acids is 2. The Morgan fingerprint density at radius 2 is 2.04 bits per heavy atom. The number of fused-ring (bicyclic) bond motifs is 1. The van der Waals surface area contributed by atoms with E-state index in [1.54, 1.807) is 12.1 Å². The number of hydrogen-bond donors (Lipinski definition) is 3. The molecule has 1 aliphatic rings. The smallest absolute Gasteiger partial charge is 0.251 e. The minimum atomic E-state index is -0.469. The number of aliphatic hydroxyl groups is 1. The highest BCUT2D eigenvalue weighted by atomic mass is 32.2. The molecular formula is C17H16N2O3S. The summed E-state index contributed by atoms with van der Waals surface area (Å²) in [6.07, 6.45) is 0. The van der Waals surface area contributed by atoms with Crippen molar-refractivity contribution in [3.63, 3.8) is 0 Å². The van der Waals surface area contributed by atoms with Crippen molar-refractivity contribution in [3.8, 4) is 0 Å². The molecule has 0 spiro atoms. The van der Waals surface area contributed by atoms with Gasteiger partial charge >= 0.3 is 0 Å². The van der Waals surface area contributed by atoms with Crippen LogP contribution in [0.5, 0.6) is 0 Å². The highest BCUT2D eigenvalue weighted by Gasteiger charge is 2.19.